The van der Waals surface area contributed by atoms with Crippen molar-refractivity contribution < 1.29 is 18.0 Å². The van der Waals surface area contributed by atoms with E-state index in [1.807, 2.05) is 31.2 Å². The standard InChI is InChI=1S/C21H22N2O4S2/c1-14-12-15-4-2-3-5-18(15)23(14)21(25)9-11-29(26,27)16-6-7-19-17(13-16)22-20(24)8-10-28-19/h2-7,13-14H,8-12H2,1H3,(H,22,24)/t14-/m0/s1. The van der Waals surface area contributed by atoms with Crippen molar-refractivity contribution in [2.75, 3.05) is 21.7 Å². The highest BCUT2D eigenvalue weighted by Gasteiger charge is 2.31. The first kappa shape index (κ1) is 20.0. The van der Waals surface area contributed by atoms with E-state index in [0.29, 0.717) is 17.9 Å². The summed E-state index contributed by atoms with van der Waals surface area (Å²) in [5.41, 5.74) is 2.49. The molecule has 2 aliphatic heterocycles. The molecule has 2 aromatic carbocycles. The number of carbonyl (C=O) groups is 2. The van der Waals surface area contributed by atoms with Crippen molar-refractivity contribution in [3.05, 3.63) is 48.0 Å². The maximum absolute atomic E-state index is 12.8. The van der Waals surface area contributed by atoms with Gasteiger partial charge >= 0.3 is 0 Å². The summed E-state index contributed by atoms with van der Waals surface area (Å²) in [6.07, 6.45) is 1.08. The molecule has 2 heterocycles. The van der Waals surface area contributed by atoms with Gasteiger partial charge in [-0.15, -0.1) is 11.8 Å². The molecule has 6 nitrogen and oxygen atoms in total. The van der Waals surface area contributed by atoms with Crippen LogP contribution in [0, 0.1) is 0 Å². The molecule has 2 amide bonds. The van der Waals surface area contributed by atoms with Crippen LogP contribution in [0.2, 0.25) is 0 Å². The summed E-state index contributed by atoms with van der Waals surface area (Å²) in [5.74, 6) is 0.0822. The normalized spacial score (nSPS) is 18.6. The summed E-state index contributed by atoms with van der Waals surface area (Å²) in [7, 11) is -3.65. The van der Waals surface area contributed by atoms with Crippen LogP contribution in [0.1, 0.15) is 25.3 Å². The van der Waals surface area contributed by atoms with E-state index in [1.54, 1.807) is 17.0 Å². The molecule has 0 bridgehead atoms. The summed E-state index contributed by atoms with van der Waals surface area (Å²) in [6, 6.07) is 12.5. The highest BCUT2D eigenvalue weighted by Crippen LogP contribution is 2.34. The number of rotatable bonds is 4. The summed E-state index contributed by atoms with van der Waals surface area (Å²) in [6.45, 7) is 1.97. The van der Waals surface area contributed by atoms with Crippen molar-refractivity contribution in [2.24, 2.45) is 0 Å². The zero-order valence-corrected chi connectivity index (χ0v) is 17.7. The molecule has 0 saturated heterocycles. The molecule has 0 radical (unpaired) electrons. The van der Waals surface area contributed by atoms with E-state index >= 15 is 0 Å². The molecule has 0 saturated carbocycles. The molecule has 1 atom stereocenters. The predicted molar refractivity (Wildman–Crippen MR) is 114 cm³/mol. The van der Waals surface area contributed by atoms with Crippen LogP contribution in [0.25, 0.3) is 0 Å². The predicted octanol–water partition coefficient (Wildman–Crippen LogP) is 3.26. The average Bonchev–Trinajstić information content (AvgIpc) is 2.90. The number of nitrogens with zero attached hydrogens (tertiary/aromatic N) is 1. The smallest absolute Gasteiger partial charge is 0.228 e. The number of sulfone groups is 1. The van der Waals surface area contributed by atoms with Gasteiger partial charge in [-0.3, -0.25) is 9.59 Å². The fourth-order valence-corrected chi connectivity index (χ4v) is 5.99. The number of amides is 2. The maximum Gasteiger partial charge on any atom is 0.228 e. The first-order valence-corrected chi connectivity index (χ1v) is 12.2. The molecule has 0 unspecified atom stereocenters. The van der Waals surface area contributed by atoms with Crippen LogP contribution in [0.5, 0.6) is 0 Å². The molecule has 0 fully saturated rings. The minimum Gasteiger partial charge on any atom is -0.325 e. The van der Waals surface area contributed by atoms with Crippen LogP contribution in [-0.2, 0) is 25.8 Å². The lowest BCUT2D eigenvalue weighted by molar-refractivity contribution is -0.118. The Hall–Kier alpha value is -2.32. The number of para-hydroxylation sites is 1. The van der Waals surface area contributed by atoms with Gasteiger partial charge in [0.05, 0.1) is 16.3 Å². The first-order chi connectivity index (χ1) is 13.8. The van der Waals surface area contributed by atoms with Gasteiger partial charge in [-0.25, -0.2) is 8.42 Å². The first-order valence-electron chi connectivity index (χ1n) is 9.54. The number of hydrogen-bond donors (Lipinski definition) is 1. The Morgan fingerprint density at radius 3 is 2.86 bits per heavy atom. The fraction of sp³-hybridized carbons (Fsp3) is 0.333. The highest BCUT2D eigenvalue weighted by molar-refractivity contribution is 7.99. The minimum absolute atomic E-state index is 0.0161. The lowest BCUT2D eigenvalue weighted by Crippen LogP contribution is -2.36. The monoisotopic (exact) mass is 430 g/mol. The molecule has 152 valence electrons. The van der Waals surface area contributed by atoms with Gasteiger partial charge in [0.25, 0.3) is 0 Å². The van der Waals surface area contributed by atoms with Gasteiger partial charge in [-0.1, -0.05) is 18.2 Å². The van der Waals surface area contributed by atoms with Gasteiger partial charge in [0.1, 0.15) is 0 Å². The molecular weight excluding hydrogens is 408 g/mol. The van der Waals surface area contributed by atoms with Crippen LogP contribution in [0.4, 0.5) is 11.4 Å². The maximum atomic E-state index is 12.8. The molecule has 0 aromatic heterocycles. The molecule has 1 N–H and O–H groups in total. The lowest BCUT2D eigenvalue weighted by atomic mass is 10.1. The molecular formula is C21H22N2O4S2. The van der Waals surface area contributed by atoms with Crippen LogP contribution >= 0.6 is 11.8 Å². The van der Waals surface area contributed by atoms with Gasteiger partial charge in [0, 0.05) is 35.2 Å². The lowest BCUT2D eigenvalue weighted by Gasteiger charge is -2.22. The van der Waals surface area contributed by atoms with E-state index < -0.39 is 9.84 Å². The number of carbonyl (C=O) groups excluding carboxylic acids is 2. The molecule has 0 aliphatic carbocycles. The molecule has 0 spiro atoms. The van der Waals surface area contributed by atoms with Gasteiger partial charge in [0.2, 0.25) is 11.8 Å². The van der Waals surface area contributed by atoms with E-state index in [0.717, 1.165) is 22.6 Å². The van der Waals surface area contributed by atoms with E-state index in [2.05, 4.69) is 5.32 Å². The van der Waals surface area contributed by atoms with Crippen molar-refractivity contribution in [2.45, 2.75) is 42.0 Å². The van der Waals surface area contributed by atoms with Crippen LogP contribution in [0.15, 0.2) is 52.3 Å². The zero-order chi connectivity index (χ0) is 20.6. The number of nitrogens with one attached hydrogen (secondary N) is 1. The number of anilines is 2. The van der Waals surface area contributed by atoms with Crippen LogP contribution in [-0.4, -0.2) is 37.8 Å². The quantitative estimate of drug-likeness (QED) is 0.805. The number of hydrogen-bond acceptors (Lipinski definition) is 5. The third-order valence-electron chi connectivity index (χ3n) is 5.23. The molecule has 29 heavy (non-hydrogen) atoms. The van der Waals surface area contributed by atoms with Crippen LogP contribution < -0.4 is 10.2 Å². The van der Waals surface area contributed by atoms with Crippen molar-refractivity contribution in [3.63, 3.8) is 0 Å². The Kier molecular flexibility index (Phi) is 5.40. The number of thioether (sulfide) groups is 1. The third kappa shape index (κ3) is 4.04. The van der Waals surface area contributed by atoms with Gasteiger partial charge in [-0.05, 0) is 43.2 Å². The van der Waals surface area contributed by atoms with Gasteiger partial charge in [-0.2, -0.15) is 0 Å². The average molecular weight is 431 g/mol. The second kappa shape index (κ2) is 7.84. The Labute approximate surface area is 174 Å². The molecule has 4 rings (SSSR count). The summed E-state index contributed by atoms with van der Waals surface area (Å²) in [4.78, 5) is 27.3. The van der Waals surface area contributed by atoms with Gasteiger partial charge in [0.15, 0.2) is 9.84 Å². The zero-order valence-electron chi connectivity index (χ0n) is 16.1. The Morgan fingerprint density at radius 1 is 1.24 bits per heavy atom. The largest absolute Gasteiger partial charge is 0.325 e. The van der Waals surface area contributed by atoms with E-state index in [1.165, 1.54) is 17.8 Å². The summed E-state index contributed by atoms with van der Waals surface area (Å²) >= 11 is 1.52. The van der Waals surface area contributed by atoms with Crippen molar-refractivity contribution in [1.82, 2.24) is 0 Å². The second-order valence-electron chi connectivity index (χ2n) is 7.32. The number of benzene rings is 2. The van der Waals surface area contributed by atoms with Crippen molar-refractivity contribution >= 4 is 44.8 Å². The third-order valence-corrected chi connectivity index (χ3v) is 8.02. The van der Waals surface area contributed by atoms with E-state index in [9.17, 15) is 18.0 Å². The summed E-state index contributed by atoms with van der Waals surface area (Å²) < 4.78 is 25.7. The Morgan fingerprint density at radius 2 is 2.03 bits per heavy atom. The van der Waals surface area contributed by atoms with E-state index in [4.69, 9.17) is 0 Å². The molecule has 8 heteroatoms. The minimum atomic E-state index is -3.65. The highest BCUT2D eigenvalue weighted by atomic mass is 32.2. The van der Waals surface area contributed by atoms with Crippen molar-refractivity contribution in [3.8, 4) is 0 Å². The Balaban J connectivity index is 1.50. The SMILES string of the molecule is C[C@H]1Cc2ccccc2N1C(=O)CCS(=O)(=O)c1ccc2c(c1)NC(=O)CCS2. The second-order valence-corrected chi connectivity index (χ2v) is 10.6. The fourth-order valence-electron chi connectivity index (χ4n) is 3.80. The topological polar surface area (TPSA) is 83.6 Å². The molecule has 2 aromatic rings. The Bertz CT molecular complexity index is 1080. The van der Waals surface area contributed by atoms with E-state index in [-0.39, 0.29) is 34.9 Å². The van der Waals surface area contributed by atoms with Crippen molar-refractivity contribution in [1.29, 1.82) is 0 Å². The van der Waals surface area contributed by atoms with Crippen LogP contribution in [0.3, 0.4) is 0 Å². The number of fused-ring (bicyclic) bond motifs is 2. The molecule has 2 aliphatic rings. The summed E-state index contributed by atoms with van der Waals surface area (Å²) in [5, 5.41) is 2.76. The van der Waals surface area contributed by atoms with Gasteiger partial charge < -0.3 is 10.2 Å².